The molecule has 1 saturated heterocycles. The van der Waals surface area contributed by atoms with Crippen LogP contribution in [0.3, 0.4) is 0 Å². The van der Waals surface area contributed by atoms with Gasteiger partial charge in [-0.25, -0.2) is 9.37 Å². The number of nitrogens with one attached hydrogen (secondary N) is 2. The fourth-order valence-electron chi connectivity index (χ4n) is 3.92. The number of thiazole rings is 1. The van der Waals surface area contributed by atoms with Crippen molar-refractivity contribution in [3.63, 3.8) is 0 Å². The van der Waals surface area contributed by atoms with E-state index in [1.165, 1.54) is 25.0 Å². The predicted octanol–water partition coefficient (Wildman–Crippen LogP) is 4.09. The average molecular weight is 500 g/mol. The average Bonchev–Trinajstić information content (AvgIpc) is 3.54. The van der Waals surface area contributed by atoms with Crippen molar-refractivity contribution >= 4 is 22.4 Å². The lowest BCUT2D eigenvalue weighted by atomic mass is 10.0. The zero-order valence-electron chi connectivity index (χ0n) is 19.2. The van der Waals surface area contributed by atoms with Gasteiger partial charge in [0.2, 0.25) is 5.91 Å². The summed E-state index contributed by atoms with van der Waals surface area (Å²) in [5.41, 5.74) is -1.24. The van der Waals surface area contributed by atoms with Crippen molar-refractivity contribution in [2.24, 2.45) is 0 Å². The summed E-state index contributed by atoms with van der Waals surface area (Å²) in [7, 11) is 0. The highest BCUT2D eigenvalue weighted by molar-refractivity contribution is 7.15. The minimum atomic E-state index is -4.60. The summed E-state index contributed by atoms with van der Waals surface area (Å²) in [5, 5.41) is 5.54. The number of alkyl halides is 3. The van der Waals surface area contributed by atoms with E-state index in [1.54, 1.807) is 26.0 Å². The standard InChI is InChI=1S/C23H29F4N5OS/c1-22(2,28-13-15-3-5-16(24)6-4-15)20(33)30-21-29-19(23(25,26)27)18(34-21)14-31-9-11-32(12-10-31)17-7-8-17/h3-6,17,28H,7-14H2,1-2H3,(H,29,30,33). The topological polar surface area (TPSA) is 60.5 Å². The van der Waals surface area contributed by atoms with Crippen LogP contribution < -0.4 is 10.6 Å². The van der Waals surface area contributed by atoms with E-state index in [0.717, 1.165) is 30.0 Å². The second-order valence-corrected chi connectivity index (χ2v) is 10.5. The van der Waals surface area contributed by atoms with Gasteiger partial charge in [-0.15, -0.1) is 0 Å². The Kier molecular flexibility index (Phi) is 7.28. The summed E-state index contributed by atoms with van der Waals surface area (Å²) in [5.74, 6) is -0.854. The number of anilines is 1. The summed E-state index contributed by atoms with van der Waals surface area (Å²) >= 11 is 0.872. The van der Waals surface area contributed by atoms with E-state index < -0.39 is 23.3 Å². The molecule has 4 rings (SSSR count). The largest absolute Gasteiger partial charge is 0.434 e. The van der Waals surface area contributed by atoms with Gasteiger partial charge >= 0.3 is 6.18 Å². The van der Waals surface area contributed by atoms with E-state index >= 15 is 0 Å². The highest BCUT2D eigenvalue weighted by atomic mass is 32.1. The maximum atomic E-state index is 13.7. The van der Waals surface area contributed by atoms with Crippen molar-refractivity contribution in [3.8, 4) is 0 Å². The Hall–Kier alpha value is -2.08. The van der Waals surface area contributed by atoms with Crippen LogP contribution in [-0.2, 0) is 24.1 Å². The van der Waals surface area contributed by atoms with Crippen molar-refractivity contribution in [3.05, 3.63) is 46.2 Å². The van der Waals surface area contributed by atoms with Crippen molar-refractivity contribution < 1.29 is 22.4 Å². The number of benzene rings is 1. The van der Waals surface area contributed by atoms with E-state index in [4.69, 9.17) is 0 Å². The summed E-state index contributed by atoms with van der Waals surface area (Å²) in [4.78, 5) is 21.1. The molecule has 6 nitrogen and oxygen atoms in total. The minimum Gasteiger partial charge on any atom is -0.300 e. The maximum Gasteiger partial charge on any atom is 0.434 e. The van der Waals surface area contributed by atoms with Gasteiger partial charge in [-0.1, -0.05) is 23.5 Å². The second kappa shape index (κ2) is 9.88. The molecule has 2 aliphatic rings. The molecule has 1 aromatic carbocycles. The monoisotopic (exact) mass is 499 g/mol. The van der Waals surface area contributed by atoms with Gasteiger partial charge in [0, 0.05) is 45.3 Å². The maximum absolute atomic E-state index is 13.7. The van der Waals surface area contributed by atoms with Gasteiger partial charge in [0.25, 0.3) is 0 Å². The van der Waals surface area contributed by atoms with Crippen LogP contribution in [0.5, 0.6) is 0 Å². The molecular formula is C23H29F4N5OS. The lowest BCUT2D eigenvalue weighted by molar-refractivity contribution is -0.141. The zero-order chi connectivity index (χ0) is 24.5. The summed E-state index contributed by atoms with van der Waals surface area (Å²) in [6.07, 6.45) is -2.17. The van der Waals surface area contributed by atoms with E-state index in [0.29, 0.717) is 25.7 Å². The van der Waals surface area contributed by atoms with Crippen LogP contribution in [-0.4, -0.2) is 58.5 Å². The molecule has 2 fully saturated rings. The third-order valence-corrected chi connectivity index (χ3v) is 7.19. The fraction of sp³-hybridized carbons (Fsp3) is 0.565. The van der Waals surface area contributed by atoms with Crippen LogP contribution in [0.1, 0.15) is 42.8 Å². The smallest absolute Gasteiger partial charge is 0.300 e. The third kappa shape index (κ3) is 6.32. The molecule has 0 unspecified atom stereocenters. The highest BCUT2D eigenvalue weighted by Crippen LogP contribution is 2.37. The van der Waals surface area contributed by atoms with E-state index in [1.807, 2.05) is 4.90 Å². The number of piperazine rings is 1. The third-order valence-electron chi connectivity index (χ3n) is 6.24. The normalized spacial score (nSPS) is 18.3. The van der Waals surface area contributed by atoms with Crippen molar-refractivity contribution in [1.29, 1.82) is 0 Å². The molecule has 0 radical (unpaired) electrons. The van der Waals surface area contributed by atoms with Crippen LogP contribution in [0.15, 0.2) is 24.3 Å². The molecule has 1 aliphatic carbocycles. The summed E-state index contributed by atoms with van der Waals surface area (Å²) < 4.78 is 54.1. The predicted molar refractivity (Wildman–Crippen MR) is 123 cm³/mol. The molecule has 34 heavy (non-hydrogen) atoms. The first-order valence-electron chi connectivity index (χ1n) is 11.4. The Labute approximate surface area is 200 Å². The molecule has 1 amide bonds. The molecule has 11 heteroatoms. The quantitative estimate of drug-likeness (QED) is 0.536. The fourth-order valence-corrected chi connectivity index (χ4v) is 4.94. The first kappa shape index (κ1) is 25.0. The number of carbonyl (C=O) groups is 1. The van der Waals surface area contributed by atoms with E-state index in [-0.39, 0.29) is 22.4 Å². The second-order valence-electron chi connectivity index (χ2n) is 9.39. The molecular weight excluding hydrogens is 470 g/mol. The first-order valence-corrected chi connectivity index (χ1v) is 12.2. The number of halogens is 4. The molecule has 2 aromatic rings. The molecule has 0 atom stereocenters. The lowest BCUT2D eigenvalue weighted by Gasteiger charge is -2.34. The number of carbonyl (C=O) groups excluding carboxylic acids is 1. The molecule has 1 saturated carbocycles. The molecule has 1 aromatic heterocycles. The Morgan fingerprint density at radius 1 is 1.12 bits per heavy atom. The molecule has 0 bridgehead atoms. The summed E-state index contributed by atoms with van der Waals surface area (Å²) in [6.45, 7) is 6.87. The van der Waals surface area contributed by atoms with Crippen LogP contribution in [0.2, 0.25) is 0 Å². The van der Waals surface area contributed by atoms with Crippen molar-refractivity contribution in [1.82, 2.24) is 20.1 Å². The number of hydrogen-bond donors (Lipinski definition) is 2. The molecule has 2 heterocycles. The first-order chi connectivity index (χ1) is 16.0. The minimum absolute atomic E-state index is 0.0689. The van der Waals surface area contributed by atoms with Gasteiger partial charge in [0.05, 0.1) is 10.4 Å². The highest BCUT2D eigenvalue weighted by Gasteiger charge is 2.39. The van der Waals surface area contributed by atoms with Gasteiger partial charge in [-0.05, 0) is 44.4 Å². The molecule has 1 aliphatic heterocycles. The van der Waals surface area contributed by atoms with Gasteiger partial charge in [0.1, 0.15) is 5.82 Å². The number of rotatable bonds is 8. The van der Waals surface area contributed by atoms with E-state index in [2.05, 4.69) is 20.5 Å². The number of nitrogens with zero attached hydrogens (tertiary/aromatic N) is 3. The summed E-state index contributed by atoms with van der Waals surface area (Å²) in [6, 6.07) is 6.50. The van der Waals surface area contributed by atoms with Gasteiger partial charge in [-0.2, -0.15) is 13.2 Å². The molecule has 0 spiro atoms. The number of hydrogen-bond acceptors (Lipinski definition) is 6. The van der Waals surface area contributed by atoms with Gasteiger partial charge < -0.3 is 5.32 Å². The molecule has 186 valence electrons. The van der Waals surface area contributed by atoms with Crippen LogP contribution in [0.4, 0.5) is 22.7 Å². The Morgan fingerprint density at radius 3 is 2.35 bits per heavy atom. The number of amides is 1. The Balaban J connectivity index is 1.39. The van der Waals surface area contributed by atoms with Gasteiger partial charge in [0.15, 0.2) is 10.8 Å². The number of aromatic nitrogens is 1. The van der Waals surface area contributed by atoms with Gasteiger partial charge in [-0.3, -0.25) is 19.9 Å². The Bertz CT molecular complexity index is 996. The SMILES string of the molecule is CC(C)(NCc1ccc(F)cc1)C(=O)Nc1nc(C(F)(F)F)c(CN2CCN(C3CC3)CC2)s1. The van der Waals surface area contributed by atoms with Crippen molar-refractivity contribution in [2.75, 3.05) is 31.5 Å². The van der Waals surface area contributed by atoms with Crippen molar-refractivity contribution in [2.45, 2.75) is 57.5 Å². The zero-order valence-corrected chi connectivity index (χ0v) is 20.0. The molecule has 2 N–H and O–H groups in total. The van der Waals surface area contributed by atoms with Crippen LogP contribution in [0.25, 0.3) is 0 Å². The van der Waals surface area contributed by atoms with E-state index in [9.17, 15) is 22.4 Å². The van der Waals surface area contributed by atoms with Crippen LogP contribution in [0, 0.1) is 5.82 Å². The van der Waals surface area contributed by atoms with Crippen LogP contribution >= 0.6 is 11.3 Å². The lowest BCUT2D eigenvalue weighted by Crippen LogP contribution is -2.49. The Morgan fingerprint density at radius 2 is 1.76 bits per heavy atom.